The number of pyridine rings is 1. The van der Waals surface area contributed by atoms with Gasteiger partial charge in [0.25, 0.3) is 0 Å². The molecule has 2 aromatic carbocycles. The van der Waals surface area contributed by atoms with Crippen LogP contribution in [-0.4, -0.2) is 23.9 Å². The van der Waals surface area contributed by atoms with Crippen molar-refractivity contribution in [1.82, 2.24) is 4.98 Å². The molecule has 1 heterocycles. The predicted molar refractivity (Wildman–Crippen MR) is 162 cm³/mol. The molecule has 3 rings (SSSR count). The van der Waals surface area contributed by atoms with E-state index in [2.05, 4.69) is 80.9 Å². The largest absolute Gasteiger partial charge is 0.512 e. The SMILES string of the molecule is CCC(CC)C(=O)/C=C(\O)C(CC)CC.Cc1[c-]c(-c2nccc3cc([Si](C)(C)C)ccc23)cc(C)c1.[Ir]. The number of hydrogen-bond donors (Lipinski definition) is 1. The van der Waals surface area contributed by atoms with Crippen molar-refractivity contribution in [1.29, 1.82) is 0 Å². The molecule has 0 atom stereocenters. The number of aryl methyl sites for hydroxylation is 2. The van der Waals surface area contributed by atoms with E-state index in [1.54, 1.807) is 0 Å². The molecule has 0 spiro atoms. The third kappa shape index (κ3) is 9.29. The number of benzene rings is 2. The average molecular weight is 709 g/mol. The van der Waals surface area contributed by atoms with E-state index < -0.39 is 8.07 Å². The first-order valence-electron chi connectivity index (χ1n) is 13.8. The van der Waals surface area contributed by atoms with E-state index in [1.807, 2.05) is 33.9 Å². The molecule has 0 amide bonds. The van der Waals surface area contributed by atoms with Crippen LogP contribution in [0.4, 0.5) is 0 Å². The van der Waals surface area contributed by atoms with Crippen molar-refractivity contribution in [3.05, 3.63) is 71.6 Å². The number of nitrogens with zero attached hydrogens (tertiary/aromatic N) is 1. The van der Waals surface area contributed by atoms with Gasteiger partial charge in [0, 0.05) is 44.2 Å². The van der Waals surface area contributed by atoms with Gasteiger partial charge in [-0.05, 0) is 48.2 Å². The van der Waals surface area contributed by atoms with Gasteiger partial charge in [0.1, 0.15) is 0 Å². The fourth-order valence-corrected chi connectivity index (χ4v) is 5.83. The van der Waals surface area contributed by atoms with E-state index in [1.165, 1.54) is 27.6 Å². The van der Waals surface area contributed by atoms with E-state index in [9.17, 15) is 9.90 Å². The molecule has 0 aliphatic carbocycles. The molecule has 3 aromatic rings. The van der Waals surface area contributed by atoms with Crippen molar-refractivity contribution < 1.29 is 30.0 Å². The number of fused-ring (bicyclic) bond motifs is 1. The van der Waals surface area contributed by atoms with Crippen molar-refractivity contribution in [2.24, 2.45) is 11.8 Å². The number of aliphatic hydroxyl groups is 1. The minimum atomic E-state index is -1.29. The monoisotopic (exact) mass is 709 g/mol. The summed E-state index contributed by atoms with van der Waals surface area (Å²) in [5.41, 5.74) is 4.53. The van der Waals surface area contributed by atoms with Gasteiger partial charge in [0.15, 0.2) is 5.78 Å². The number of carbonyl (C=O) groups excluding carboxylic acids is 1. The van der Waals surface area contributed by atoms with Crippen LogP contribution in [-0.2, 0) is 24.9 Å². The van der Waals surface area contributed by atoms with Crippen LogP contribution in [0, 0.1) is 31.7 Å². The summed E-state index contributed by atoms with van der Waals surface area (Å²) < 4.78 is 0. The molecule has 38 heavy (non-hydrogen) atoms. The summed E-state index contributed by atoms with van der Waals surface area (Å²) in [5, 5.41) is 13.7. The van der Waals surface area contributed by atoms with E-state index in [-0.39, 0.29) is 43.5 Å². The molecule has 0 aliphatic heterocycles. The molecule has 1 N–H and O–H groups in total. The number of hydrogen-bond acceptors (Lipinski definition) is 3. The molecule has 0 bridgehead atoms. The minimum Gasteiger partial charge on any atom is -0.512 e. The Morgan fingerprint density at radius 1 is 0.947 bits per heavy atom. The molecule has 5 heteroatoms. The van der Waals surface area contributed by atoms with E-state index in [4.69, 9.17) is 0 Å². The maximum absolute atomic E-state index is 11.7. The molecule has 3 nitrogen and oxygen atoms in total. The number of rotatable bonds is 9. The minimum absolute atomic E-state index is 0. The van der Waals surface area contributed by atoms with Gasteiger partial charge < -0.3 is 10.1 Å². The summed E-state index contributed by atoms with van der Waals surface area (Å²) in [4.78, 5) is 16.3. The van der Waals surface area contributed by atoms with Gasteiger partial charge in [0.2, 0.25) is 0 Å². The van der Waals surface area contributed by atoms with Crippen molar-refractivity contribution in [3.8, 4) is 11.3 Å². The zero-order valence-corrected chi connectivity index (χ0v) is 28.1. The first kappa shape index (κ1) is 34.0. The second-order valence-corrected chi connectivity index (χ2v) is 16.2. The topological polar surface area (TPSA) is 50.2 Å². The molecule has 0 fully saturated rings. The Morgan fingerprint density at radius 2 is 1.55 bits per heavy atom. The molecule has 1 aromatic heterocycles. The van der Waals surface area contributed by atoms with Crippen LogP contribution in [0.1, 0.15) is 64.5 Å². The maximum Gasteiger partial charge on any atom is 0.162 e. The van der Waals surface area contributed by atoms with Gasteiger partial charge in [-0.3, -0.25) is 4.79 Å². The van der Waals surface area contributed by atoms with Gasteiger partial charge in [-0.2, -0.15) is 0 Å². The average Bonchev–Trinajstić information content (AvgIpc) is 2.84. The first-order chi connectivity index (χ1) is 17.4. The third-order valence-electron chi connectivity index (χ3n) is 7.12. The van der Waals surface area contributed by atoms with Crippen molar-refractivity contribution >= 4 is 29.8 Å². The van der Waals surface area contributed by atoms with Crippen LogP contribution in [0.5, 0.6) is 0 Å². The van der Waals surface area contributed by atoms with Crippen LogP contribution in [0.2, 0.25) is 19.6 Å². The number of ketones is 1. The van der Waals surface area contributed by atoms with Gasteiger partial charge in [0.05, 0.1) is 13.8 Å². The van der Waals surface area contributed by atoms with Gasteiger partial charge in [-0.25, -0.2) is 0 Å². The second kappa shape index (κ2) is 15.5. The summed E-state index contributed by atoms with van der Waals surface area (Å²) >= 11 is 0. The zero-order chi connectivity index (χ0) is 27.8. The Bertz CT molecular complexity index is 1200. The van der Waals surface area contributed by atoms with Crippen molar-refractivity contribution in [3.63, 3.8) is 0 Å². The van der Waals surface area contributed by atoms with Crippen LogP contribution in [0.25, 0.3) is 22.0 Å². The molecule has 1 radical (unpaired) electrons. The van der Waals surface area contributed by atoms with Gasteiger partial charge in [-0.15, -0.1) is 34.9 Å². The van der Waals surface area contributed by atoms with Crippen LogP contribution < -0.4 is 5.19 Å². The molecule has 0 unspecified atom stereocenters. The smallest absolute Gasteiger partial charge is 0.162 e. The van der Waals surface area contributed by atoms with Gasteiger partial charge >= 0.3 is 0 Å². The van der Waals surface area contributed by atoms with E-state index >= 15 is 0 Å². The predicted octanol–water partition coefficient (Wildman–Crippen LogP) is 8.73. The molecular formula is C33H46IrNO2Si-. The Kier molecular flexibility index (Phi) is 13.8. The Hall–Kier alpha value is -2.07. The van der Waals surface area contributed by atoms with E-state index in [0.29, 0.717) is 0 Å². The second-order valence-electron chi connectivity index (χ2n) is 11.1. The summed E-state index contributed by atoms with van der Waals surface area (Å²) in [5.74, 6) is 0.547. The molecular weight excluding hydrogens is 663 g/mol. The Morgan fingerprint density at radius 3 is 2.08 bits per heavy atom. The first-order valence-corrected chi connectivity index (χ1v) is 17.3. The Balaban J connectivity index is 0.000000401. The fraction of sp³-hybridized carbons (Fsp3) is 0.455. The molecule has 0 saturated carbocycles. The number of carbonyl (C=O) groups is 1. The molecule has 0 aliphatic rings. The van der Waals surface area contributed by atoms with Gasteiger partial charge in [-0.1, -0.05) is 84.6 Å². The van der Waals surface area contributed by atoms with Crippen molar-refractivity contribution in [2.75, 3.05) is 0 Å². The standard InChI is InChI=1S/C20H22NSi.C13H24O2.Ir/c1-14-10-15(2)12-17(11-14)20-19-7-6-18(22(3,4)5)13-16(19)8-9-21-20;1-5-10(6-2)12(14)9-13(15)11(7-3)8-4;/h6-11,13H,1-5H3;9-11,14H,5-8H2,1-4H3;/q-1;;/b;12-9-;. The number of allylic oxidation sites excluding steroid dienone is 2. The quantitative estimate of drug-likeness (QED) is 0.105. The summed E-state index contributed by atoms with van der Waals surface area (Å²) in [6, 6.07) is 16.7. The number of aromatic nitrogens is 1. The van der Waals surface area contributed by atoms with Crippen LogP contribution >= 0.6 is 0 Å². The number of aliphatic hydroxyl groups excluding tert-OH is 1. The molecule has 0 saturated heterocycles. The van der Waals surface area contributed by atoms with Crippen LogP contribution in [0.3, 0.4) is 0 Å². The van der Waals surface area contributed by atoms with Crippen LogP contribution in [0.15, 0.2) is 54.4 Å². The van der Waals surface area contributed by atoms with Crippen molar-refractivity contribution in [2.45, 2.75) is 86.9 Å². The summed E-state index contributed by atoms with van der Waals surface area (Å²) in [7, 11) is -1.29. The Labute approximate surface area is 245 Å². The maximum atomic E-state index is 11.7. The normalized spacial score (nSPS) is 11.8. The molecule has 209 valence electrons. The third-order valence-corrected chi connectivity index (χ3v) is 9.16. The summed E-state index contributed by atoms with van der Waals surface area (Å²) in [6.07, 6.45) is 6.82. The summed E-state index contributed by atoms with van der Waals surface area (Å²) in [6.45, 7) is 19.4. The fourth-order valence-electron chi connectivity index (χ4n) is 4.66. The zero-order valence-electron chi connectivity index (χ0n) is 24.7. The van der Waals surface area contributed by atoms with E-state index in [0.717, 1.165) is 42.5 Å².